The van der Waals surface area contributed by atoms with Gasteiger partial charge in [-0.2, -0.15) is 0 Å². The van der Waals surface area contributed by atoms with Crippen LogP contribution in [0.3, 0.4) is 0 Å². The zero-order valence-electron chi connectivity index (χ0n) is 15.4. The van der Waals surface area contributed by atoms with Crippen LogP contribution in [0.4, 0.5) is 5.69 Å². The van der Waals surface area contributed by atoms with Crippen LogP contribution in [0.15, 0.2) is 18.2 Å². The van der Waals surface area contributed by atoms with Crippen LogP contribution < -0.4 is 19.7 Å². The van der Waals surface area contributed by atoms with Crippen LogP contribution in [0.25, 0.3) is 0 Å². The molecule has 138 valence electrons. The van der Waals surface area contributed by atoms with Crippen LogP contribution in [0, 0.1) is 5.92 Å². The molecule has 3 aliphatic heterocycles. The van der Waals surface area contributed by atoms with E-state index in [0.717, 1.165) is 30.5 Å². The standard InChI is InChI=1S/C20H31N3O2/c1-2-8-22-9-5-16(14-22)13-21-17-6-10-23(11-7-17)18-3-4-19-20(12-18)25-15-24-19/h3-4,12,16-17,21H,2,5-11,13-15H2,1H3. The maximum Gasteiger partial charge on any atom is 0.231 e. The highest BCUT2D eigenvalue weighted by Gasteiger charge is 2.25. The van der Waals surface area contributed by atoms with E-state index < -0.39 is 0 Å². The van der Waals surface area contributed by atoms with Crippen molar-refractivity contribution in [1.29, 1.82) is 0 Å². The molecule has 0 aliphatic carbocycles. The second-order valence-corrected chi connectivity index (χ2v) is 7.66. The third-order valence-corrected chi connectivity index (χ3v) is 5.82. The Hall–Kier alpha value is -1.46. The highest BCUT2D eigenvalue weighted by atomic mass is 16.7. The van der Waals surface area contributed by atoms with E-state index in [1.165, 1.54) is 57.5 Å². The lowest BCUT2D eigenvalue weighted by Crippen LogP contribution is -2.44. The molecule has 2 saturated heterocycles. The van der Waals surface area contributed by atoms with E-state index in [1.54, 1.807) is 0 Å². The van der Waals surface area contributed by atoms with Crippen molar-refractivity contribution in [2.75, 3.05) is 51.0 Å². The Kier molecular flexibility index (Phi) is 5.32. The van der Waals surface area contributed by atoms with Crippen molar-refractivity contribution in [2.24, 2.45) is 5.92 Å². The number of likely N-dealkylation sites (tertiary alicyclic amines) is 1. The Morgan fingerprint density at radius 3 is 2.76 bits per heavy atom. The molecule has 1 atom stereocenters. The number of hydrogen-bond acceptors (Lipinski definition) is 5. The number of nitrogens with zero attached hydrogens (tertiary/aromatic N) is 2. The molecule has 2 fully saturated rings. The number of fused-ring (bicyclic) bond motifs is 1. The van der Waals surface area contributed by atoms with Gasteiger partial charge in [0.2, 0.25) is 6.79 Å². The Morgan fingerprint density at radius 1 is 1.08 bits per heavy atom. The van der Waals surface area contributed by atoms with Crippen LogP contribution in [0.1, 0.15) is 32.6 Å². The lowest BCUT2D eigenvalue weighted by atomic mass is 10.0. The monoisotopic (exact) mass is 345 g/mol. The van der Waals surface area contributed by atoms with E-state index in [2.05, 4.69) is 34.2 Å². The van der Waals surface area contributed by atoms with Gasteiger partial charge in [0, 0.05) is 37.4 Å². The van der Waals surface area contributed by atoms with Crippen molar-refractivity contribution in [1.82, 2.24) is 10.2 Å². The third-order valence-electron chi connectivity index (χ3n) is 5.82. The van der Waals surface area contributed by atoms with Crippen LogP contribution >= 0.6 is 0 Å². The summed E-state index contributed by atoms with van der Waals surface area (Å²) in [6.45, 7) is 9.90. The van der Waals surface area contributed by atoms with Crippen LogP contribution in [-0.2, 0) is 0 Å². The molecule has 5 heteroatoms. The summed E-state index contributed by atoms with van der Waals surface area (Å²) in [5.41, 5.74) is 1.26. The average molecular weight is 345 g/mol. The number of hydrogen-bond donors (Lipinski definition) is 1. The zero-order chi connectivity index (χ0) is 17.1. The molecule has 5 nitrogen and oxygen atoms in total. The first-order valence-corrected chi connectivity index (χ1v) is 9.92. The summed E-state index contributed by atoms with van der Waals surface area (Å²) >= 11 is 0. The summed E-state index contributed by atoms with van der Waals surface area (Å²) in [6.07, 6.45) is 5.08. The fourth-order valence-corrected chi connectivity index (χ4v) is 4.36. The second kappa shape index (κ2) is 7.83. The minimum absolute atomic E-state index is 0.349. The average Bonchev–Trinajstić information content (AvgIpc) is 3.29. The fraction of sp³-hybridized carbons (Fsp3) is 0.700. The number of benzene rings is 1. The molecule has 0 bridgehead atoms. The molecule has 0 saturated carbocycles. The van der Waals surface area contributed by atoms with Crippen molar-refractivity contribution in [3.05, 3.63) is 18.2 Å². The Morgan fingerprint density at radius 2 is 1.92 bits per heavy atom. The van der Waals surface area contributed by atoms with Gasteiger partial charge < -0.3 is 24.6 Å². The minimum Gasteiger partial charge on any atom is -0.454 e. The van der Waals surface area contributed by atoms with E-state index in [0.29, 0.717) is 12.8 Å². The van der Waals surface area contributed by atoms with Crippen molar-refractivity contribution in [3.63, 3.8) is 0 Å². The van der Waals surface area contributed by atoms with Gasteiger partial charge in [0.15, 0.2) is 11.5 Å². The topological polar surface area (TPSA) is 37.0 Å². The summed E-state index contributed by atoms with van der Waals surface area (Å²) in [6, 6.07) is 6.98. The maximum absolute atomic E-state index is 5.51. The van der Waals surface area contributed by atoms with E-state index in [-0.39, 0.29) is 0 Å². The molecule has 25 heavy (non-hydrogen) atoms. The lowest BCUT2D eigenvalue weighted by molar-refractivity contribution is 0.174. The minimum atomic E-state index is 0.349. The molecule has 0 spiro atoms. The van der Waals surface area contributed by atoms with Crippen molar-refractivity contribution < 1.29 is 9.47 Å². The molecule has 4 rings (SSSR count). The highest BCUT2D eigenvalue weighted by Crippen LogP contribution is 2.36. The molecule has 1 unspecified atom stereocenters. The first-order chi connectivity index (χ1) is 12.3. The van der Waals surface area contributed by atoms with E-state index in [9.17, 15) is 0 Å². The molecule has 1 N–H and O–H groups in total. The third kappa shape index (κ3) is 4.04. The number of nitrogens with one attached hydrogen (secondary N) is 1. The predicted molar refractivity (Wildman–Crippen MR) is 101 cm³/mol. The highest BCUT2D eigenvalue weighted by molar-refractivity contribution is 5.57. The van der Waals surface area contributed by atoms with Crippen molar-refractivity contribution in [2.45, 2.75) is 38.6 Å². The normalized spacial score (nSPS) is 24.2. The number of ether oxygens (including phenoxy) is 2. The first kappa shape index (κ1) is 17.0. The van der Waals surface area contributed by atoms with Gasteiger partial charge in [-0.15, -0.1) is 0 Å². The van der Waals surface area contributed by atoms with Gasteiger partial charge in [0.25, 0.3) is 0 Å². The smallest absolute Gasteiger partial charge is 0.231 e. The molecule has 3 aliphatic rings. The number of rotatable bonds is 6. The lowest BCUT2D eigenvalue weighted by Gasteiger charge is -2.34. The number of anilines is 1. The van der Waals surface area contributed by atoms with E-state index in [4.69, 9.17) is 9.47 Å². The van der Waals surface area contributed by atoms with Gasteiger partial charge in [0.1, 0.15) is 0 Å². The molecular weight excluding hydrogens is 314 g/mol. The fourth-order valence-electron chi connectivity index (χ4n) is 4.36. The SMILES string of the molecule is CCCN1CCC(CNC2CCN(c3ccc4c(c3)OCO4)CC2)C1. The molecule has 3 heterocycles. The van der Waals surface area contributed by atoms with Crippen molar-refractivity contribution in [3.8, 4) is 11.5 Å². The predicted octanol–water partition coefficient (Wildman–Crippen LogP) is 2.71. The van der Waals surface area contributed by atoms with Gasteiger partial charge in [0.05, 0.1) is 0 Å². The molecule has 1 aromatic rings. The second-order valence-electron chi connectivity index (χ2n) is 7.66. The largest absolute Gasteiger partial charge is 0.454 e. The molecule has 0 aromatic heterocycles. The molecule has 1 aromatic carbocycles. The van der Waals surface area contributed by atoms with Crippen LogP contribution in [0.2, 0.25) is 0 Å². The Bertz CT molecular complexity index is 572. The molecule has 0 amide bonds. The quantitative estimate of drug-likeness (QED) is 0.858. The molecule has 0 radical (unpaired) electrons. The first-order valence-electron chi connectivity index (χ1n) is 9.92. The summed E-state index contributed by atoms with van der Waals surface area (Å²) in [5.74, 6) is 2.60. The van der Waals surface area contributed by atoms with Crippen LogP contribution in [0.5, 0.6) is 11.5 Å². The van der Waals surface area contributed by atoms with Crippen molar-refractivity contribution >= 4 is 5.69 Å². The van der Waals surface area contributed by atoms with E-state index >= 15 is 0 Å². The summed E-state index contributed by atoms with van der Waals surface area (Å²) in [5, 5.41) is 3.84. The number of piperidine rings is 1. The summed E-state index contributed by atoms with van der Waals surface area (Å²) in [4.78, 5) is 5.09. The zero-order valence-corrected chi connectivity index (χ0v) is 15.4. The van der Waals surface area contributed by atoms with Crippen LogP contribution in [-0.4, -0.2) is 57.0 Å². The van der Waals surface area contributed by atoms with Gasteiger partial charge >= 0.3 is 0 Å². The van der Waals surface area contributed by atoms with Gasteiger partial charge in [-0.3, -0.25) is 0 Å². The summed E-state index contributed by atoms with van der Waals surface area (Å²) < 4.78 is 10.9. The van der Waals surface area contributed by atoms with Gasteiger partial charge in [-0.1, -0.05) is 6.92 Å². The van der Waals surface area contributed by atoms with Gasteiger partial charge in [-0.05, 0) is 63.4 Å². The summed E-state index contributed by atoms with van der Waals surface area (Å²) in [7, 11) is 0. The maximum atomic E-state index is 5.51. The Balaban J connectivity index is 1.21. The van der Waals surface area contributed by atoms with E-state index in [1.807, 2.05) is 6.07 Å². The molecular formula is C20H31N3O2. The van der Waals surface area contributed by atoms with Gasteiger partial charge in [-0.25, -0.2) is 0 Å². The Labute approximate surface area is 151 Å².